The molecule has 11 aromatic rings. The number of furan rings is 1. The van der Waals surface area contributed by atoms with Gasteiger partial charge in [-0.15, -0.1) is 11.3 Å². The predicted octanol–water partition coefficient (Wildman–Crippen LogP) is 15.6. The van der Waals surface area contributed by atoms with Gasteiger partial charge in [-0.2, -0.15) is 0 Å². The second kappa shape index (κ2) is 12.9. The first-order chi connectivity index (χ1) is 27.3. The lowest BCUT2D eigenvalue weighted by atomic mass is 9.92. The molecule has 0 fully saturated rings. The van der Waals surface area contributed by atoms with Crippen LogP contribution in [0.2, 0.25) is 0 Å². The quantitative estimate of drug-likeness (QED) is 0.170. The highest BCUT2D eigenvalue weighted by Crippen LogP contribution is 2.46. The molecule has 0 atom stereocenters. The first-order valence-electron chi connectivity index (χ1n) is 18.7. The van der Waals surface area contributed by atoms with Crippen LogP contribution >= 0.6 is 11.3 Å². The standard InChI is InChI=1S/C52H33NOS/c1-2-12-35(13-3-1)46-33-39(29-30-42(46)37-26-31-51-47(32-37)44-18-7-9-23-50(44)55-51)53(48-21-11-20-45-43-17-6-8-22-49(43)54-52(45)48)38-27-24-36(25-28-38)41-19-10-15-34-14-4-5-16-40(34)41/h1-33H. The van der Waals surface area contributed by atoms with Crippen LogP contribution in [0, 0.1) is 0 Å². The molecule has 11 rings (SSSR count). The molecule has 258 valence electrons. The van der Waals surface area contributed by atoms with Gasteiger partial charge >= 0.3 is 0 Å². The number of anilines is 3. The highest BCUT2D eigenvalue weighted by atomic mass is 32.1. The lowest BCUT2D eigenvalue weighted by Gasteiger charge is -2.27. The molecule has 0 saturated carbocycles. The van der Waals surface area contributed by atoms with E-state index in [0.29, 0.717) is 0 Å². The van der Waals surface area contributed by atoms with Crippen molar-refractivity contribution in [2.75, 3.05) is 4.90 Å². The number of rotatable bonds is 6. The number of hydrogen-bond acceptors (Lipinski definition) is 3. The Morgan fingerprint density at radius 2 is 1.02 bits per heavy atom. The van der Waals surface area contributed by atoms with Crippen LogP contribution in [0.4, 0.5) is 17.1 Å². The van der Waals surface area contributed by atoms with E-state index >= 15 is 0 Å². The molecule has 0 spiro atoms. The second-order valence-electron chi connectivity index (χ2n) is 14.1. The monoisotopic (exact) mass is 719 g/mol. The van der Waals surface area contributed by atoms with Crippen LogP contribution in [0.1, 0.15) is 0 Å². The van der Waals surface area contributed by atoms with Gasteiger partial charge in [-0.3, -0.25) is 0 Å². The van der Waals surface area contributed by atoms with Gasteiger partial charge in [0.25, 0.3) is 0 Å². The Kier molecular flexibility index (Phi) is 7.39. The van der Waals surface area contributed by atoms with Gasteiger partial charge in [0.05, 0.1) is 5.69 Å². The van der Waals surface area contributed by atoms with E-state index in [2.05, 4.69) is 199 Å². The van der Waals surface area contributed by atoms with Crippen LogP contribution in [-0.2, 0) is 0 Å². The third-order valence-corrected chi connectivity index (χ3v) is 12.0. The van der Waals surface area contributed by atoms with Crippen LogP contribution < -0.4 is 4.90 Å². The van der Waals surface area contributed by atoms with Crippen molar-refractivity contribution in [1.29, 1.82) is 0 Å². The van der Waals surface area contributed by atoms with E-state index in [-0.39, 0.29) is 0 Å². The van der Waals surface area contributed by atoms with Gasteiger partial charge in [-0.25, -0.2) is 0 Å². The molecular weight excluding hydrogens is 687 g/mol. The first-order valence-corrected chi connectivity index (χ1v) is 19.5. The van der Waals surface area contributed by atoms with Crippen molar-refractivity contribution in [2.45, 2.75) is 0 Å². The summed E-state index contributed by atoms with van der Waals surface area (Å²) in [5.41, 5.74) is 12.0. The summed E-state index contributed by atoms with van der Waals surface area (Å²) in [6.07, 6.45) is 0. The minimum Gasteiger partial charge on any atom is -0.454 e. The van der Waals surface area contributed by atoms with Crippen LogP contribution in [0.25, 0.3) is 86.3 Å². The smallest absolute Gasteiger partial charge is 0.159 e. The van der Waals surface area contributed by atoms with Crippen LogP contribution in [0.15, 0.2) is 205 Å². The summed E-state index contributed by atoms with van der Waals surface area (Å²) in [7, 11) is 0. The average Bonchev–Trinajstić information content (AvgIpc) is 3.83. The molecule has 0 unspecified atom stereocenters. The van der Waals surface area contributed by atoms with Gasteiger partial charge in [0.15, 0.2) is 5.58 Å². The Hall–Kier alpha value is -6.94. The molecule has 0 amide bonds. The summed E-state index contributed by atoms with van der Waals surface area (Å²) in [4.78, 5) is 2.35. The summed E-state index contributed by atoms with van der Waals surface area (Å²) in [5.74, 6) is 0. The molecule has 0 radical (unpaired) electrons. The van der Waals surface area contributed by atoms with Gasteiger partial charge < -0.3 is 9.32 Å². The Bertz CT molecular complexity index is 3200. The van der Waals surface area contributed by atoms with E-state index in [9.17, 15) is 0 Å². The maximum Gasteiger partial charge on any atom is 0.159 e. The van der Waals surface area contributed by atoms with Crippen molar-refractivity contribution < 1.29 is 4.42 Å². The van der Waals surface area contributed by atoms with E-state index in [4.69, 9.17) is 4.42 Å². The molecular formula is C52H33NOS. The SMILES string of the molecule is c1ccc(-c2cc(N(c3ccc(-c4cccc5ccccc45)cc3)c3cccc4c3oc3ccccc34)ccc2-c2ccc3sc4ccccc4c3c2)cc1. The van der Waals surface area contributed by atoms with Crippen LogP contribution in [0.3, 0.4) is 0 Å². The molecule has 2 nitrogen and oxygen atoms in total. The highest BCUT2D eigenvalue weighted by molar-refractivity contribution is 7.25. The zero-order valence-corrected chi connectivity index (χ0v) is 30.6. The van der Waals surface area contributed by atoms with E-state index in [1.807, 2.05) is 17.4 Å². The van der Waals surface area contributed by atoms with Crippen molar-refractivity contribution in [3.63, 3.8) is 0 Å². The summed E-state index contributed by atoms with van der Waals surface area (Å²) >= 11 is 1.85. The molecule has 2 heterocycles. The molecule has 0 aliphatic rings. The fourth-order valence-corrected chi connectivity index (χ4v) is 9.36. The third kappa shape index (κ3) is 5.32. The van der Waals surface area contributed by atoms with Crippen molar-refractivity contribution in [2.24, 2.45) is 0 Å². The number of thiophene rings is 1. The molecule has 0 bridgehead atoms. The largest absolute Gasteiger partial charge is 0.454 e. The second-order valence-corrected chi connectivity index (χ2v) is 15.1. The number of fused-ring (bicyclic) bond motifs is 7. The molecule has 2 aromatic heterocycles. The highest BCUT2D eigenvalue weighted by Gasteiger charge is 2.21. The molecule has 0 saturated heterocycles. The maximum atomic E-state index is 6.68. The molecule has 0 aliphatic heterocycles. The van der Waals surface area contributed by atoms with E-state index < -0.39 is 0 Å². The normalized spacial score (nSPS) is 11.6. The van der Waals surface area contributed by atoms with Crippen LogP contribution in [0.5, 0.6) is 0 Å². The first kappa shape index (κ1) is 31.6. The summed E-state index contributed by atoms with van der Waals surface area (Å²) in [5, 5.41) is 7.30. The lowest BCUT2D eigenvalue weighted by Crippen LogP contribution is -2.10. The zero-order valence-electron chi connectivity index (χ0n) is 29.8. The van der Waals surface area contributed by atoms with Crippen molar-refractivity contribution in [3.8, 4) is 33.4 Å². The van der Waals surface area contributed by atoms with Gasteiger partial charge in [-0.05, 0) is 98.8 Å². The van der Waals surface area contributed by atoms with Crippen molar-refractivity contribution >= 4 is 81.3 Å². The Morgan fingerprint density at radius 1 is 0.364 bits per heavy atom. The Morgan fingerprint density at radius 3 is 1.91 bits per heavy atom. The number of nitrogens with zero attached hydrogens (tertiary/aromatic N) is 1. The predicted molar refractivity (Wildman–Crippen MR) is 235 cm³/mol. The van der Waals surface area contributed by atoms with Gasteiger partial charge in [-0.1, -0.05) is 146 Å². The van der Waals surface area contributed by atoms with Crippen molar-refractivity contribution in [3.05, 3.63) is 200 Å². The number of para-hydroxylation sites is 2. The third-order valence-electron chi connectivity index (χ3n) is 10.9. The van der Waals surface area contributed by atoms with Gasteiger partial charge in [0.2, 0.25) is 0 Å². The topological polar surface area (TPSA) is 16.4 Å². The summed E-state index contributed by atoms with van der Waals surface area (Å²) in [6, 6.07) is 72.2. The van der Waals surface area contributed by atoms with E-state index in [1.54, 1.807) is 0 Å². The molecule has 0 N–H and O–H groups in total. The molecule has 9 aromatic carbocycles. The van der Waals surface area contributed by atoms with Crippen LogP contribution in [-0.4, -0.2) is 0 Å². The van der Waals surface area contributed by atoms with Crippen molar-refractivity contribution in [1.82, 2.24) is 0 Å². The molecule has 3 heteroatoms. The fourth-order valence-electron chi connectivity index (χ4n) is 8.28. The number of hydrogen-bond donors (Lipinski definition) is 0. The summed E-state index contributed by atoms with van der Waals surface area (Å²) < 4.78 is 9.30. The fraction of sp³-hybridized carbons (Fsp3) is 0. The minimum atomic E-state index is 0.863. The van der Waals surface area contributed by atoms with Gasteiger partial charge in [0, 0.05) is 42.3 Å². The van der Waals surface area contributed by atoms with Gasteiger partial charge in [0.1, 0.15) is 5.58 Å². The van der Waals surface area contributed by atoms with E-state index in [1.165, 1.54) is 64.3 Å². The molecule has 0 aliphatic carbocycles. The maximum absolute atomic E-state index is 6.68. The number of benzene rings is 9. The lowest BCUT2D eigenvalue weighted by molar-refractivity contribution is 0.669. The average molecular weight is 720 g/mol. The summed E-state index contributed by atoms with van der Waals surface area (Å²) in [6.45, 7) is 0. The zero-order chi connectivity index (χ0) is 36.3. The Labute approximate surface area is 322 Å². The molecule has 55 heavy (non-hydrogen) atoms. The van der Waals surface area contributed by atoms with E-state index in [0.717, 1.165) is 39.0 Å². The minimum absolute atomic E-state index is 0.863. The Balaban J connectivity index is 1.12.